The lowest BCUT2D eigenvalue weighted by atomic mass is 9.70. The Morgan fingerprint density at radius 1 is 1.48 bits per heavy atom. The van der Waals surface area contributed by atoms with Crippen LogP contribution in [-0.2, 0) is 11.2 Å². The number of hydrogen-bond acceptors (Lipinski definition) is 3. The van der Waals surface area contributed by atoms with Gasteiger partial charge in [-0.3, -0.25) is 4.98 Å². The molecule has 1 N–H and O–H groups in total. The highest BCUT2D eigenvalue weighted by molar-refractivity contribution is 5.09. The van der Waals surface area contributed by atoms with Crippen LogP contribution in [0, 0.1) is 5.92 Å². The van der Waals surface area contributed by atoms with E-state index in [2.05, 4.69) is 23.3 Å². The Balaban J connectivity index is 1.58. The van der Waals surface area contributed by atoms with Crippen LogP contribution in [-0.4, -0.2) is 29.8 Å². The SMILES string of the molecule is CCNC(CCc1cccnc1)C1CCOC2(CCC2)C1. The van der Waals surface area contributed by atoms with Gasteiger partial charge < -0.3 is 10.1 Å². The van der Waals surface area contributed by atoms with Gasteiger partial charge in [-0.1, -0.05) is 13.0 Å². The summed E-state index contributed by atoms with van der Waals surface area (Å²) in [5.41, 5.74) is 1.61. The summed E-state index contributed by atoms with van der Waals surface area (Å²) in [6, 6.07) is 4.85. The zero-order valence-corrected chi connectivity index (χ0v) is 13.2. The van der Waals surface area contributed by atoms with Crippen molar-refractivity contribution in [3.05, 3.63) is 30.1 Å². The summed E-state index contributed by atoms with van der Waals surface area (Å²) < 4.78 is 6.08. The monoisotopic (exact) mass is 288 g/mol. The summed E-state index contributed by atoms with van der Waals surface area (Å²) in [7, 11) is 0. The standard InChI is InChI=1S/C18H28N2O/c1-2-20-17(7-6-15-5-3-11-19-14-15)16-8-12-21-18(13-16)9-4-10-18/h3,5,11,14,16-17,20H,2,4,6-10,12-13H2,1H3. The Hall–Kier alpha value is -0.930. The molecule has 0 amide bonds. The highest BCUT2D eigenvalue weighted by atomic mass is 16.5. The molecule has 1 aliphatic carbocycles. The van der Waals surface area contributed by atoms with Crippen LogP contribution in [0.3, 0.4) is 0 Å². The number of hydrogen-bond donors (Lipinski definition) is 1. The summed E-state index contributed by atoms with van der Waals surface area (Å²) in [5, 5.41) is 3.73. The summed E-state index contributed by atoms with van der Waals surface area (Å²) >= 11 is 0. The van der Waals surface area contributed by atoms with Gasteiger partial charge in [-0.15, -0.1) is 0 Å². The highest BCUT2D eigenvalue weighted by Gasteiger charge is 2.43. The van der Waals surface area contributed by atoms with Gasteiger partial charge >= 0.3 is 0 Å². The second-order valence-corrected chi connectivity index (χ2v) is 6.70. The van der Waals surface area contributed by atoms with Crippen molar-refractivity contribution in [2.75, 3.05) is 13.2 Å². The van der Waals surface area contributed by atoms with Crippen LogP contribution < -0.4 is 5.32 Å². The predicted molar refractivity (Wildman–Crippen MR) is 85.3 cm³/mol. The summed E-state index contributed by atoms with van der Waals surface area (Å²) in [4.78, 5) is 4.23. The molecule has 2 unspecified atom stereocenters. The molecule has 0 aromatic carbocycles. The zero-order valence-electron chi connectivity index (χ0n) is 13.2. The van der Waals surface area contributed by atoms with Gasteiger partial charge in [-0.05, 0) is 69.0 Å². The van der Waals surface area contributed by atoms with Crippen LogP contribution in [0.25, 0.3) is 0 Å². The first kappa shape index (κ1) is 15.0. The maximum absolute atomic E-state index is 6.08. The fraction of sp³-hybridized carbons (Fsp3) is 0.722. The maximum Gasteiger partial charge on any atom is 0.0685 e. The van der Waals surface area contributed by atoms with Crippen LogP contribution in [0.2, 0.25) is 0 Å². The molecule has 1 saturated carbocycles. The maximum atomic E-state index is 6.08. The van der Waals surface area contributed by atoms with E-state index in [0.717, 1.165) is 25.5 Å². The van der Waals surface area contributed by atoms with Crippen LogP contribution in [0.5, 0.6) is 0 Å². The molecule has 0 radical (unpaired) electrons. The van der Waals surface area contributed by atoms with Crippen molar-refractivity contribution in [2.24, 2.45) is 5.92 Å². The molecule has 1 spiro atoms. The van der Waals surface area contributed by atoms with E-state index in [1.165, 1.54) is 44.1 Å². The summed E-state index contributed by atoms with van der Waals surface area (Å²) in [5.74, 6) is 0.774. The Bertz CT molecular complexity index is 430. The average molecular weight is 288 g/mol. The third kappa shape index (κ3) is 3.64. The minimum absolute atomic E-state index is 0.255. The molecular weight excluding hydrogens is 260 g/mol. The summed E-state index contributed by atoms with van der Waals surface area (Å²) in [6.07, 6.45) is 12.6. The van der Waals surface area contributed by atoms with E-state index < -0.39 is 0 Å². The zero-order chi connectivity index (χ0) is 14.5. The molecular formula is C18H28N2O. The van der Waals surface area contributed by atoms with Crippen molar-refractivity contribution >= 4 is 0 Å². The van der Waals surface area contributed by atoms with Crippen molar-refractivity contribution < 1.29 is 4.74 Å². The molecule has 3 heteroatoms. The first-order valence-corrected chi connectivity index (χ1v) is 8.57. The molecule has 1 saturated heterocycles. The van der Waals surface area contributed by atoms with E-state index >= 15 is 0 Å². The van der Waals surface area contributed by atoms with Crippen molar-refractivity contribution in [1.29, 1.82) is 0 Å². The topological polar surface area (TPSA) is 34.2 Å². The smallest absolute Gasteiger partial charge is 0.0685 e. The second kappa shape index (κ2) is 6.89. The third-order valence-corrected chi connectivity index (χ3v) is 5.30. The molecule has 2 fully saturated rings. The van der Waals surface area contributed by atoms with Gasteiger partial charge in [0.15, 0.2) is 0 Å². The predicted octanol–water partition coefficient (Wildman–Crippen LogP) is 3.34. The molecule has 2 atom stereocenters. The number of aromatic nitrogens is 1. The largest absolute Gasteiger partial charge is 0.375 e. The van der Waals surface area contributed by atoms with Gasteiger partial charge in [-0.2, -0.15) is 0 Å². The van der Waals surface area contributed by atoms with Gasteiger partial charge in [0.05, 0.1) is 5.60 Å². The van der Waals surface area contributed by atoms with Gasteiger partial charge in [0.2, 0.25) is 0 Å². The number of ether oxygens (including phenoxy) is 1. The van der Waals surface area contributed by atoms with E-state index in [4.69, 9.17) is 4.74 Å². The van der Waals surface area contributed by atoms with Gasteiger partial charge in [0.1, 0.15) is 0 Å². The lowest BCUT2D eigenvalue weighted by Gasteiger charge is -2.49. The quantitative estimate of drug-likeness (QED) is 0.871. The molecule has 3 rings (SSSR count). The lowest BCUT2D eigenvalue weighted by molar-refractivity contribution is -0.147. The number of pyridine rings is 1. The summed E-state index contributed by atoms with van der Waals surface area (Å²) in [6.45, 7) is 4.23. The molecule has 0 bridgehead atoms. The highest BCUT2D eigenvalue weighted by Crippen LogP contribution is 2.45. The van der Waals surface area contributed by atoms with E-state index in [0.29, 0.717) is 6.04 Å². The van der Waals surface area contributed by atoms with Crippen LogP contribution in [0.4, 0.5) is 0 Å². The molecule has 1 aromatic heterocycles. The van der Waals surface area contributed by atoms with Crippen molar-refractivity contribution in [2.45, 2.75) is 63.5 Å². The van der Waals surface area contributed by atoms with Crippen LogP contribution in [0.15, 0.2) is 24.5 Å². The lowest BCUT2D eigenvalue weighted by Crippen LogP contribution is -2.50. The normalized spacial score (nSPS) is 25.5. The van der Waals surface area contributed by atoms with Gasteiger partial charge in [0.25, 0.3) is 0 Å². The second-order valence-electron chi connectivity index (χ2n) is 6.70. The molecule has 2 heterocycles. The Kier molecular flexibility index (Phi) is 4.91. The molecule has 116 valence electrons. The van der Waals surface area contributed by atoms with Gasteiger partial charge in [0, 0.05) is 25.0 Å². The number of aryl methyl sites for hydroxylation is 1. The fourth-order valence-electron chi connectivity index (χ4n) is 3.96. The van der Waals surface area contributed by atoms with E-state index in [1.54, 1.807) is 0 Å². The molecule has 21 heavy (non-hydrogen) atoms. The Labute approximate surface area is 128 Å². The van der Waals surface area contributed by atoms with Crippen molar-refractivity contribution in [1.82, 2.24) is 10.3 Å². The van der Waals surface area contributed by atoms with E-state index in [1.807, 2.05) is 18.5 Å². The molecule has 1 aliphatic heterocycles. The minimum atomic E-state index is 0.255. The first-order valence-electron chi connectivity index (χ1n) is 8.57. The van der Waals surface area contributed by atoms with Crippen LogP contribution >= 0.6 is 0 Å². The average Bonchev–Trinajstić information content (AvgIpc) is 2.51. The minimum Gasteiger partial charge on any atom is -0.375 e. The van der Waals surface area contributed by atoms with Crippen molar-refractivity contribution in [3.8, 4) is 0 Å². The van der Waals surface area contributed by atoms with E-state index in [-0.39, 0.29) is 5.60 Å². The Morgan fingerprint density at radius 3 is 3.05 bits per heavy atom. The number of nitrogens with one attached hydrogen (secondary N) is 1. The Morgan fingerprint density at radius 2 is 2.38 bits per heavy atom. The first-order chi connectivity index (χ1) is 10.3. The van der Waals surface area contributed by atoms with E-state index in [9.17, 15) is 0 Å². The van der Waals surface area contributed by atoms with Crippen LogP contribution in [0.1, 0.15) is 51.0 Å². The van der Waals surface area contributed by atoms with Gasteiger partial charge in [-0.25, -0.2) is 0 Å². The number of rotatable bonds is 6. The third-order valence-electron chi connectivity index (χ3n) is 5.30. The van der Waals surface area contributed by atoms with Crippen molar-refractivity contribution in [3.63, 3.8) is 0 Å². The molecule has 3 nitrogen and oxygen atoms in total. The fourth-order valence-corrected chi connectivity index (χ4v) is 3.96. The number of nitrogens with zero attached hydrogens (tertiary/aromatic N) is 1. The molecule has 1 aromatic rings. The molecule has 2 aliphatic rings.